The van der Waals surface area contributed by atoms with E-state index in [1.54, 1.807) is 24.3 Å². The number of ether oxygens (including phenoxy) is 1. The number of rotatable bonds is 8. The van der Waals surface area contributed by atoms with Crippen molar-refractivity contribution in [2.45, 2.75) is 11.8 Å². The normalized spacial score (nSPS) is 10.8. The average Bonchev–Trinajstić information content (AvgIpc) is 2.78. The van der Waals surface area contributed by atoms with Crippen LogP contribution in [-0.2, 0) is 10.0 Å². The maximum Gasteiger partial charge on any atom is 0.269 e. The lowest BCUT2D eigenvalue weighted by molar-refractivity contribution is 0.0942. The summed E-state index contributed by atoms with van der Waals surface area (Å²) in [6.45, 7) is 5.87. The summed E-state index contributed by atoms with van der Waals surface area (Å²) < 4.78 is 33.3. The van der Waals surface area contributed by atoms with E-state index in [1.807, 2.05) is 31.2 Å². The lowest BCUT2D eigenvalue weighted by Gasteiger charge is -2.13. The quantitative estimate of drug-likeness (QED) is 0.467. The van der Waals surface area contributed by atoms with Crippen molar-refractivity contribution >= 4 is 27.3 Å². The minimum absolute atomic E-state index is 0.0524. The number of methoxy groups -OCH3 is 1. The van der Waals surface area contributed by atoms with Gasteiger partial charge in [0.15, 0.2) is 0 Å². The second kappa shape index (κ2) is 9.36. The Kier molecular flexibility index (Phi) is 6.61. The highest BCUT2D eigenvalue weighted by Crippen LogP contribution is 2.26. The maximum absolute atomic E-state index is 12.8. The monoisotopic (exact) mass is 437 g/mol. The fourth-order valence-electron chi connectivity index (χ4n) is 2.77. The van der Waals surface area contributed by atoms with Gasteiger partial charge in [0, 0.05) is 5.56 Å². The topological polar surface area (TPSA) is 96.5 Å². The number of carbonyl (C=O) groups excluding carboxylic acids is 1. The molecule has 0 saturated heterocycles. The third-order valence-corrected chi connectivity index (χ3v) is 5.85. The van der Waals surface area contributed by atoms with Crippen LogP contribution in [0.3, 0.4) is 0 Å². The van der Waals surface area contributed by atoms with Crippen LogP contribution in [0, 0.1) is 6.92 Å². The first-order valence-corrected chi connectivity index (χ1v) is 10.9. The van der Waals surface area contributed by atoms with Crippen molar-refractivity contribution in [3.05, 3.63) is 96.1 Å². The highest BCUT2D eigenvalue weighted by atomic mass is 32.2. The van der Waals surface area contributed by atoms with E-state index in [0.717, 1.165) is 11.1 Å². The number of benzene rings is 3. The van der Waals surface area contributed by atoms with E-state index in [-0.39, 0.29) is 10.5 Å². The number of carbonyl (C=O) groups is 1. The molecule has 0 bridgehead atoms. The van der Waals surface area contributed by atoms with Crippen LogP contribution in [0.25, 0.3) is 5.70 Å². The summed E-state index contributed by atoms with van der Waals surface area (Å²) in [6, 6.07) is 20.0. The standard InChI is InChI=1S/C23H23N3O4S/c1-16-11-13-18(14-12-16)17(2)24-25-23(27)19-7-6-8-20(15-19)31(28,29)26-21-9-4-5-10-22(21)30-3/h4-15,24,26H,2H2,1,3H3,(H,25,27). The SMILES string of the molecule is C=C(NNC(=O)c1cccc(S(=O)(=O)Nc2ccccc2OC)c1)c1ccc(C)cc1. The molecule has 0 aromatic heterocycles. The number of hydrazine groups is 1. The second-order valence-corrected chi connectivity index (χ2v) is 8.44. The molecule has 3 rings (SSSR count). The molecule has 0 aliphatic heterocycles. The zero-order chi connectivity index (χ0) is 22.4. The number of para-hydroxylation sites is 2. The van der Waals surface area contributed by atoms with Gasteiger partial charge in [0.05, 0.1) is 23.4 Å². The van der Waals surface area contributed by atoms with E-state index in [2.05, 4.69) is 22.2 Å². The summed E-state index contributed by atoms with van der Waals surface area (Å²) in [4.78, 5) is 12.5. The Labute approximate surface area is 181 Å². The van der Waals surface area contributed by atoms with Gasteiger partial charge in [-0.25, -0.2) is 8.42 Å². The molecular weight excluding hydrogens is 414 g/mol. The summed E-state index contributed by atoms with van der Waals surface area (Å²) in [6.07, 6.45) is 0. The van der Waals surface area contributed by atoms with Crippen LogP contribution in [0.15, 0.2) is 84.3 Å². The Balaban J connectivity index is 1.72. The van der Waals surface area contributed by atoms with Crippen molar-refractivity contribution < 1.29 is 17.9 Å². The third-order valence-electron chi connectivity index (χ3n) is 4.48. The number of amides is 1. The fraction of sp³-hybridized carbons (Fsp3) is 0.0870. The van der Waals surface area contributed by atoms with Gasteiger partial charge >= 0.3 is 0 Å². The van der Waals surface area contributed by atoms with E-state index in [0.29, 0.717) is 17.1 Å². The zero-order valence-corrected chi connectivity index (χ0v) is 18.0. The first-order valence-electron chi connectivity index (χ1n) is 9.38. The largest absolute Gasteiger partial charge is 0.495 e. The predicted molar refractivity (Wildman–Crippen MR) is 121 cm³/mol. The van der Waals surface area contributed by atoms with E-state index in [1.165, 1.54) is 31.4 Å². The van der Waals surface area contributed by atoms with Crippen molar-refractivity contribution in [2.24, 2.45) is 0 Å². The molecule has 3 N–H and O–H groups in total. The number of sulfonamides is 1. The van der Waals surface area contributed by atoms with Crippen molar-refractivity contribution in [1.82, 2.24) is 10.9 Å². The second-order valence-electron chi connectivity index (χ2n) is 6.76. The molecule has 0 aliphatic carbocycles. The van der Waals surface area contributed by atoms with Gasteiger partial charge in [-0.2, -0.15) is 0 Å². The van der Waals surface area contributed by atoms with Gasteiger partial charge < -0.3 is 4.74 Å². The van der Waals surface area contributed by atoms with Crippen molar-refractivity contribution in [1.29, 1.82) is 0 Å². The molecule has 31 heavy (non-hydrogen) atoms. The molecule has 0 saturated carbocycles. The fourth-order valence-corrected chi connectivity index (χ4v) is 3.88. The van der Waals surface area contributed by atoms with Crippen molar-refractivity contribution in [2.75, 3.05) is 11.8 Å². The molecule has 0 radical (unpaired) electrons. The van der Waals surface area contributed by atoms with Crippen LogP contribution in [0.1, 0.15) is 21.5 Å². The molecule has 1 amide bonds. The highest BCUT2D eigenvalue weighted by molar-refractivity contribution is 7.92. The molecule has 160 valence electrons. The molecule has 0 atom stereocenters. The lowest BCUT2D eigenvalue weighted by Crippen LogP contribution is -2.35. The van der Waals surface area contributed by atoms with Crippen molar-refractivity contribution in [3.8, 4) is 5.75 Å². The van der Waals surface area contributed by atoms with Gasteiger partial charge in [-0.1, -0.05) is 54.6 Å². The number of nitrogens with one attached hydrogen (secondary N) is 3. The molecular formula is C23H23N3O4S. The molecule has 7 nitrogen and oxygen atoms in total. The van der Waals surface area contributed by atoms with Gasteiger partial charge in [0.2, 0.25) is 0 Å². The number of hydrogen-bond acceptors (Lipinski definition) is 5. The molecule has 0 spiro atoms. The first kappa shape index (κ1) is 21.9. The molecule has 0 unspecified atom stereocenters. The summed E-state index contributed by atoms with van der Waals surface area (Å²) in [5.41, 5.74) is 8.21. The number of anilines is 1. The van der Waals surface area contributed by atoms with E-state index >= 15 is 0 Å². The van der Waals surface area contributed by atoms with E-state index < -0.39 is 15.9 Å². The molecule has 0 aliphatic rings. The molecule has 3 aromatic rings. The maximum atomic E-state index is 12.8. The predicted octanol–water partition coefficient (Wildman–Crippen LogP) is 3.71. The molecule has 0 fully saturated rings. The van der Waals surface area contributed by atoms with Crippen molar-refractivity contribution in [3.63, 3.8) is 0 Å². The summed E-state index contributed by atoms with van der Waals surface area (Å²) in [5, 5.41) is 0. The van der Waals surface area contributed by atoms with Crippen LogP contribution in [0.5, 0.6) is 5.75 Å². The highest BCUT2D eigenvalue weighted by Gasteiger charge is 2.18. The first-order chi connectivity index (χ1) is 14.8. The Hall–Kier alpha value is -3.78. The Morgan fingerprint density at radius 3 is 2.32 bits per heavy atom. The van der Waals surface area contributed by atoms with Crippen LogP contribution >= 0.6 is 0 Å². The Morgan fingerprint density at radius 2 is 1.61 bits per heavy atom. The minimum atomic E-state index is -3.93. The van der Waals surface area contributed by atoms with Crippen LogP contribution in [0.2, 0.25) is 0 Å². The summed E-state index contributed by atoms with van der Waals surface area (Å²) >= 11 is 0. The van der Waals surface area contributed by atoms with Gasteiger partial charge in [-0.3, -0.25) is 20.4 Å². The van der Waals surface area contributed by atoms with Crippen LogP contribution in [-0.4, -0.2) is 21.4 Å². The lowest BCUT2D eigenvalue weighted by atomic mass is 10.1. The molecule has 8 heteroatoms. The van der Waals surface area contributed by atoms with Gasteiger partial charge in [-0.05, 0) is 42.8 Å². The summed E-state index contributed by atoms with van der Waals surface area (Å²) in [7, 11) is -2.47. The summed E-state index contributed by atoms with van der Waals surface area (Å²) in [5.74, 6) is -0.110. The smallest absolute Gasteiger partial charge is 0.269 e. The van der Waals surface area contributed by atoms with E-state index in [4.69, 9.17) is 4.74 Å². The molecule has 0 heterocycles. The third kappa shape index (κ3) is 5.43. The van der Waals surface area contributed by atoms with Gasteiger partial charge in [-0.15, -0.1) is 0 Å². The Bertz CT molecular complexity index is 1210. The average molecular weight is 438 g/mol. The van der Waals surface area contributed by atoms with E-state index in [9.17, 15) is 13.2 Å². The van der Waals surface area contributed by atoms with Gasteiger partial charge in [0.1, 0.15) is 5.75 Å². The van der Waals surface area contributed by atoms with Crippen LogP contribution < -0.4 is 20.3 Å². The van der Waals surface area contributed by atoms with Gasteiger partial charge in [0.25, 0.3) is 15.9 Å². The molecule has 3 aromatic carbocycles. The minimum Gasteiger partial charge on any atom is -0.495 e. The number of aryl methyl sites for hydroxylation is 1. The van der Waals surface area contributed by atoms with Crippen LogP contribution in [0.4, 0.5) is 5.69 Å². The Morgan fingerprint density at radius 1 is 0.903 bits per heavy atom. The number of hydrogen-bond donors (Lipinski definition) is 3. The zero-order valence-electron chi connectivity index (χ0n) is 17.2.